The number of carbonyl (C=O) groups is 1. The van der Waals surface area contributed by atoms with Gasteiger partial charge in [0.1, 0.15) is 5.75 Å². The molecule has 1 N–H and O–H groups in total. The van der Waals surface area contributed by atoms with Crippen molar-refractivity contribution in [2.45, 2.75) is 11.3 Å². The second kappa shape index (κ2) is 4.18. The van der Waals surface area contributed by atoms with Crippen molar-refractivity contribution in [2.24, 2.45) is 0 Å². The molecule has 0 aliphatic heterocycles. The van der Waals surface area contributed by atoms with Gasteiger partial charge in [0.05, 0.1) is 13.5 Å². The van der Waals surface area contributed by atoms with Crippen molar-refractivity contribution < 1.29 is 14.6 Å². The Hall–Kier alpha value is -1.16. The third-order valence-corrected chi connectivity index (χ3v) is 1.88. The second-order valence-corrected chi connectivity index (χ2v) is 3.08. The van der Waals surface area contributed by atoms with Crippen LogP contribution in [0.25, 0.3) is 0 Å². The first kappa shape index (κ1) is 9.92. The average molecular weight is 198 g/mol. The van der Waals surface area contributed by atoms with Crippen molar-refractivity contribution in [1.82, 2.24) is 0 Å². The molecule has 3 nitrogen and oxygen atoms in total. The highest BCUT2D eigenvalue weighted by Gasteiger charge is 2.07. The second-order valence-electron chi connectivity index (χ2n) is 2.57. The van der Waals surface area contributed by atoms with Crippen LogP contribution in [0.5, 0.6) is 5.75 Å². The van der Waals surface area contributed by atoms with Gasteiger partial charge in [-0.25, -0.2) is 0 Å². The largest absolute Gasteiger partial charge is 0.496 e. The molecule has 1 aromatic carbocycles. The molecular formula is C9H10O3S. The highest BCUT2D eigenvalue weighted by Crippen LogP contribution is 2.21. The van der Waals surface area contributed by atoms with Crippen LogP contribution in [-0.4, -0.2) is 18.2 Å². The summed E-state index contributed by atoms with van der Waals surface area (Å²) in [6.45, 7) is 0. The Morgan fingerprint density at radius 2 is 2.31 bits per heavy atom. The fourth-order valence-electron chi connectivity index (χ4n) is 1.07. The molecule has 1 rings (SSSR count). The van der Waals surface area contributed by atoms with Crippen LogP contribution >= 0.6 is 12.6 Å². The van der Waals surface area contributed by atoms with Crippen LogP contribution < -0.4 is 4.74 Å². The lowest BCUT2D eigenvalue weighted by Gasteiger charge is -2.06. The third kappa shape index (κ3) is 2.66. The Labute approximate surface area is 81.8 Å². The number of ether oxygens (including phenoxy) is 1. The zero-order chi connectivity index (χ0) is 9.84. The van der Waals surface area contributed by atoms with Crippen molar-refractivity contribution in [3.63, 3.8) is 0 Å². The molecule has 0 atom stereocenters. The number of benzene rings is 1. The predicted octanol–water partition coefficient (Wildman–Crippen LogP) is 1.61. The van der Waals surface area contributed by atoms with Crippen LogP contribution in [0.1, 0.15) is 5.56 Å². The van der Waals surface area contributed by atoms with Gasteiger partial charge < -0.3 is 9.84 Å². The highest BCUT2D eigenvalue weighted by atomic mass is 32.1. The molecule has 1 aromatic rings. The van der Waals surface area contributed by atoms with E-state index in [2.05, 4.69) is 12.6 Å². The number of hydrogen-bond acceptors (Lipinski definition) is 3. The van der Waals surface area contributed by atoms with Gasteiger partial charge in [-0.3, -0.25) is 4.79 Å². The van der Waals surface area contributed by atoms with E-state index in [1.807, 2.05) is 0 Å². The zero-order valence-corrected chi connectivity index (χ0v) is 8.04. The maximum atomic E-state index is 10.5. The topological polar surface area (TPSA) is 46.5 Å². The van der Waals surface area contributed by atoms with E-state index in [0.717, 1.165) is 4.90 Å². The summed E-state index contributed by atoms with van der Waals surface area (Å²) in [5, 5.41) is 8.60. The van der Waals surface area contributed by atoms with E-state index < -0.39 is 5.97 Å². The summed E-state index contributed by atoms with van der Waals surface area (Å²) in [5.41, 5.74) is 0.641. The Bertz CT molecular complexity index is 323. The van der Waals surface area contributed by atoms with E-state index in [-0.39, 0.29) is 6.42 Å². The fourth-order valence-corrected chi connectivity index (χ4v) is 1.30. The minimum atomic E-state index is -0.878. The number of rotatable bonds is 3. The van der Waals surface area contributed by atoms with Crippen LogP contribution in [0.4, 0.5) is 0 Å². The van der Waals surface area contributed by atoms with Crippen LogP contribution in [0.3, 0.4) is 0 Å². The first-order chi connectivity index (χ1) is 6.13. The van der Waals surface area contributed by atoms with Crippen LogP contribution in [0.15, 0.2) is 23.1 Å². The first-order valence-electron chi connectivity index (χ1n) is 3.71. The normalized spacial score (nSPS) is 9.69. The summed E-state index contributed by atoms with van der Waals surface area (Å²) in [7, 11) is 1.51. The molecule has 13 heavy (non-hydrogen) atoms. The van der Waals surface area contributed by atoms with Crippen LogP contribution in [0.2, 0.25) is 0 Å². The monoisotopic (exact) mass is 198 g/mol. The number of aliphatic carboxylic acids is 1. The summed E-state index contributed by atoms with van der Waals surface area (Å²) >= 11 is 4.11. The molecule has 0 unspecified atom stereocenters. The van der Waals surface area contributed by atoms with Crippen molar-refractivity contribution in [2.75, 3.05) is 7.11 Å². The molecule has 70 valence electrons. The zero-order valence-electron chi connectivity index (χ0n) is 7.15. The Balaban J connectivity index is 3.01. The van der Waals surface area contributed by atoms with Gasteiger partial charge in [0, 0.05) is 10.5 Å². The average Bonchev–Trinajstić information content (AvgIpc) is 2.03. The predicted molar refractivity (Wildman–Crippen MR) is 51.6 cm³/mol. The summed E-state index contributed by atoms with van der Waals surface area (Å²) in [4.78, 5) is 11.2. The van der Waals surface area contributed by atoms with E-state index in [9.17, 15) is 4.79 Å². The molecule has 0 saturated carbocycles. The van der Waals surface area contributed by atoms with Gasteiger partial charge in [-0.15, -0.1) is 12.6 Å². The van der Waals surface area contributed by atoms with E-state index in [1.165, 1.54) is 7.11 Å². The fraction of sp³-hybridized carbons (Fsp3) is 0.222. The van der Waals surface area contributed by atoms with Crippen molar-refractivity contribution in [3.05, 3.63) is 23.8 Å². The van der Waals surface area contributed by atoms with Crippen molar-refractivity contribution >= 4 is 18.6 Å². The summed E-state index contributed by atoms with van der Waals surface area (Å²) in [5.74, 6) is -0.294. The van der Waals surface area contributed by atoms with Gasteiger partial charge in [-0.05, 0) is 18.2 Å². The van der Waals surface area contributed by atoms with E-state index in [1.54, 1.807) is 18.2 Å². The molecule has 0 spiro atoms. The van der Waals surface area contributed by atoms with Gasteiger partial charge in [0.2, 0.25) is 0 Å². The van der Waals surface area contributed by atoms with Crippen LogP contribution in [-0.2, 0) is 11.2 Å². The number of hydrogen-bond donors (Lipinski definition) is 2. The van der Waals surface area contributed by atoms with Gasteiger partial charge in [0.15, 0.2) is 0 Å². The Kier molecular flexibility index (Phi) is 3.19. The third-order valence-electron chi connectivity index (χ3n) is 1.61. The lowest BCUT2D eigenvalue weighted by molar-refractivity contribution is -0.136. The first-order valence-corrected chi connectivity index (χ1v) is 4.16. The maximum Gasteiger partial charge on any atom is 0.307 e. The quantitative estimate of drug-likeness (QED) is 0.725. The molecule has 0 amide bonds. The standard InChI is InChI=1S/C9H10O3S/c1-12-8-3-2-7(13)4-6(8)5-9(10)11/h2-4,13H,5H2,1H3,(H,10,11). The van der Waals surface area contributed by atoms with Gasteiger partial charge in [0.25, 0.3) is 0 Å². The Morgan fingerprint density at radius 1 is 1.62 bits per heavy atom. The van der Waals surface area contributed by atoms with Crippen molar-refractivity contribution in [3.8, 4) is 5.75 Å². The van der Waals surface area contributed by atoms with Crippen LogP contribution in [0, 0.1) is 0 Å². The molecule has 0 radical (unpaired) electrons. The molecule has 0 fully saturated rings. The Morgan fingerprint density at radius 3 is 2.85 bits per heavy atom. The minimum absolute atomic E-state index is 0.0441. The maximum absolute atomic E-state index is 10.5. The van der Waals surface area contributed by atoms with E-state index >= 15 is 0 Å². The summed E-state index contributed by atoms with van der Waals surface area (Å²) in [6.07, 6.45) is -0.0441. The van der Waals surface area contributed by atoms with E-state index in [4.69, 9.17) is 9.84 Å². The summed E-state index contributed by atoms with van der Waals surface area (Å²) < 4.78 is 5.00. The smallest absolute Gasteiger partial charge is 0.307 e. The lowest BCUT2D eigenvalue weighted by Crippen LogP contribution is -2.02. The summed E-state index contributed by atoms with van der Waals surface area (Å²) in [6, 6.07) is 5.16. The molecule has 0 saturated heterocycles. The SMILES string of the molecule is COc1ccc(S)cc1CC(=O)O. The van der Waals surface area contributed by atoms with Crippen molar-refractivity contribution in [1.29, 1.82) is 0 Å². The van der Waals surface area contributed by atoms with Gasteiger partial charge >= 0.3 is 5.97 Å². The molecular weight excluding hydrogens is 188 g/mol. The molecule has 0 heterocycles. The molecule has 0 bridgehead atoms. The number of carboxylic acids is 1. The highest BCUT2D eigenvalue weighted by molar-refractivity contribution is 7.80. The minimum Gasteiger partial charge on any atom is -0.496 e. The molecule has 0 aliphatic rings. The molecule has 0 aliphatic carbocycles. The van der Waals surface area contributed by atoms with Gasteiger partial charge in [-0.2, -0.15) is 0 Å². The molecule has 0 aromatic heterocycles. The van der Waals surface area contributed by atoms with E-state index in [0.29, 0.717) is 11.3 Å². The number of carboxylic acid groups (broad SMARTS) is 1. The lowest BCUT2D eigenvalue weighted by atomic mass is 10.1. The number of methoxy groups -OCH3 is 1. The van der Waals surface area contributed by atoms with Gasteiger partial charge in [-0.1, -0.05) is 0 Å². The molecule has 4 heteroatoms. The number of thiol groups is 1.